The first-order valence-electron chi connectivity index (χ1n) is 10.2. The number of unbranched alkanes of at least 4 members (excludes halogenated alkanes) is 1. The van der Waals surface area contributed by atoms with E-state index in [0.29, 0.717) is 5.69 Å². The molecule has 1 heterocycles. The predicted molar refractivity (Wildman–Crippen MR) is 117 cm³/mol. The molecule has 7 heteroatoms. The van der Waals surface area contributed by atoms with Crippen LogP contribution in [0, 0.1) is 17.6 Å². The van der Waals surface area contributed by atoms with Crippen LogP contribution in [0.4, 0.5) is 20.2 Å². The summed E-state index contributed by atoms with van der Waals surface area (Å²) in [6.07, 6.45) is 3.58. The highest BCUT2D eigenvalue weighted by atomic mass is 32.2. The Labute approximate surface area is 180 Å². The van der Waals surface area contributed by atoms with Gasteiger partial charge in [-0.3, -0.25) is 14.5 Å². The molecule has 1 aliphatic rings. The molecule has 2 atom stereocenters. The van der Waals surface area contributed by atoms with Crippen LogP contribution in [0.1, 0.15) is 50.5 Å². The monoisotopic (exact) mass is 432 g/mol. The van der Waals surface area contributed by atoms with Gasteiger partial charge in [-0.2, -0.15) is 0 Å². The number of benzene rings is 2. The molecule has 0 saturated carbocycles. The van der Waals surface area contributed by atoms with Crippen molar-refractivity contribution in [1.29, 1.82) is 0 Å². The van der Waals surface area contributed by atoms with Crippen LogP contribution in [-0.2, 0) is 9.59 Å². The molecule has 4 nitrogen and oxygen atoms in total. The normalized spacial score (nSPS) is 17.3. The number of halogens is 2. The van der Waals surface area contributed by atoms with Gasteiger partial charge in [0.25, 0.3) is 0 Å². The maximum atomic E-state index is 14.4. The molecule has 160 valence electrons. The van der Waals surface area contributed by atoms with E-state index in [-0.39, 0.29) is 29.2 Å². The third-order valence-corrected chi connectivity index (χ3v) is 6.49. The minimum absolute atomic E-state index is 0.0342. The van der Waals surface area contributed by atoms with E-state index in [9.17, 15) is 18.4 Å². The average Bonchev–Trinajstić information content (AvgIpc) is 3.10. The lowest BCUT2D eigenvalue weighted by molar-refractivity contribution is -0.120. The number of carbonyl (C=O) groups excluding carboxylic acids is 2. The summed E-state index contributed by atoms with van der Waals surface area (Å²) in [6.45, 7) is 4.09. The van der Waals surface area contributed by atoms with Crippen molar-refractivity contribution in [1.82, 2.24) is 0 Å². The van der Waals surface area contributed by atoms with E-state index in [1.807, 2.05) is 25.1 Å². The molecular weight excluding hydrogens is 406 g/mol. The van der Waals surface area contributed by atoms with Crippen molar-refractivity contribution in [3.05, 3.63) is 59.7 Å². The molecule has 1 fully saturated rings. The lowest BCUT2D eigenvalue weighted by Gasteiger charge is -2.27. The van der Waals surface area contributed by atoms with E-state index in [1.54, 1.807) is 6.07 Å². The highest BCUT2D eigenvalue weighted by molar-refractivity contribution is 8.00. The zero-order valence-corrected chi connectivity index (χ0v) is 18.0. The summed E-state index contributed by atoms with van der Waals surface area (Å²) in [5, 5.41) is 2.50. The minimum atomic E-state index is -0.789. The van der Waals surface area contributed by atoms with Crippen LogP contribution in [0.5, 0.6) is 0 Å². The van der Waals surface area contributed by atoms with Crippen LogP contribution in [-0.4, -0.2) is 17.6 Å². The zero-order chi connectivity index (χ0) is 21.7. The molecule has 30 heavy (non-hydrogen) atoms. The number of para-hydroxylation sites is 1. The molecule has 2 aromatic carbocycles. The van der Waals surface area contributed by atoms with Gasteiger partial charge in [-0.25, -0.2) is 8.78 Å². The van der Waals surface area contributed by atoms with Crippen LogP contribution in [0.25, 0.3) is 0 Å². The second-order valence-corrected chi connectivity index (χ2v) is 8.42. The molecular formula is C23H26F2N2O2S. The fourth-order valence-electron chi connectivity index (χ4n) is 3.62. The average molecular weight is 433 g/mol. The van der Waals surface area contributed by atoms with Crippen molar-refractivity contribution in [3.8, 4) is 0 Å². The molecule has 0 bridgehead atoms. The topological polar surface area (TPSA) is 49.4 Å². The number of rotatable bonds is 8. The Balaban J connectivity index is 1.90. The van der Waals surface area contributed by atoms with Crippen LogP contribution >= 0.6 is 11.8 Å². The van der Waals surface area contributed by atoms with Crippen molar-refractivity contribution < 1.29 is 18.4 Å². The van der Waals surface area contributed by atoms with E-state index >= 15 is 0 Å². The lowest BCUT2D eigenvalue weighted by Crippen LogP contribution is -2.30. The van der Waals surface area contributed by atoms with E-state index in [2.05, 4.69) is 12.2 Å². The Bertz CT molecular complexity index is 922. The number of nitrogens with zero attached hydrogens (tertiary/aromatic N) is 1. The maximum Gasteiger partial charge on any atom is 0.238 e. The quantitative estimate of drug-likeness (QED) is 0.565. The Kier molecular flexibility index (Phi) is 7.48. The van der Waals surface area contributed by atoms with Crippen LogP contribution < -0.4 is 10.2 Å². The summed E-state index contributed by atoms with van der Waals surface area (Å²) < 4.78 is 27.8. The van der Waals surface area contributed by atoms with E-state index in [0.717, 1.165) is 43.4 Å². The number of anilines is 2. The first-order valence-corrected chi connectivity index (χ1v) is 11.3. The van der Waals surface area contributed by atoms with Gasteiger partial charge in [0.05, 0.1) is 11.4 Å². The maximum absolute atomic E-state index is 14.4. The summed E-state index contributed by atoms with van der Waals surface area (Å²) in [7, 11) is 0. The molecule has 0 radical (unpaired) electrons. The smallest absolute Gasteiger partial charge is 0.238 e. The number of thioether (sulfide) groups is 1. The number of amides is 2. The van der Waals surface area contributed by atoms with Crippen LogP contribution in [0.2, 0.25) is 0 Å². The Hall–Kier alpha value is -2.41. The number of hydrogen-bond donors (Lipinski definition) is 1. The van der Waals surface area contributed by atoms with Gasteiger partial charge in [0, 0.05) is 23.2 Å². The highest BCUT2D eigenvalue weighted by Crippen LogP contribution is 2.45. The van der Waals surface area contributed by atoms with Crippen molar-refractivity contribution in [3.63, 3.8) is 0 Å². The summed E-state index contributed by atoms with van der Waals surface area (Å²) in [6, 6.07) is 10.4. The first-order chi connectivity index (χ1) is 14.5. The number of carbonyl (C=O) groups is 2. The van der Waals surface area contributed by atoms with E-state index in [1.165, 1.54) is 22.7 Å². The highest BCUT2D eigenvalue weighted by Gasteiger charge is 2.37. The van der Waals surface area contributed by atoms with Crippen LogP contribution in [0.15, 0.2) is 42.5 Å². The van der Waals surface area contributed by atoms with Crippen molar-refractivity contribution in [2.75, 3.05) is 16.0 Å². The molecule has 3 rings (SSSR count). The Morgan fingerprint density at radius 3 is 2.70 bits per heavy atom. The van der Waals surface area contributed by atoms with Crippen molar-refractivity contribution in [2.24, 2.45) is 5.92 Å². The van der Waals surface area contributed by atoms with Gasteiger partial charge in [-0.15, -0.1) is 11.8 Å². The Morgan fingerprint density at radius 2 is 2.00 bits per heavy atom. The third-order valence-electron chi connectivity index (χ3n) is 5.29. The molecule has 2 aromatic rings. The van der Waals surface area contributed by atoms with Crippen molar-refractivity contribution >= 4 is 35.0 Å². The van der Waals surface area contributed by atoms with Gasteiger partial charge in [0.15, 0.2) is 0 Å². The van der Waals surface area contributed by atoms with Crippen molar-refractivity contribution in [2.45, 2.75) is 44.9 Å². The van der Waals surface area contributed by atoms with Gasteiger partial charge in [0.1, 0.15) is 17.0 Å². The van der Waals surface area contributed by atoms with E-state index < -0.39 is 17.0 Å². The third kappa shape index (κ3) is 4.83. The molecule has 0 spiro atoms. The standard InChI is InChI=1S/C23H26F2N2O2S/c1-3-5-8-15(4-2)22(29)26-19-10-7-6-9-17(19)23-27(21(28)14-30-23)20-12-11-16(24)13-18(20)25/h6-7,9-13,15,23H,3-5,8,14H2,1-2H3,(H,26,29)/t15-,23+/m1/s1. The summed E-state index contributed by atoms with van der Waals surface area (Å²) in [5.74, 6) is -1.70. The fraction of sp³-hybridized carbons (Fsp3) is 0.391. The Morgan fingerprint density at radius 1 is 1.23 bits per heavy atom. The fourth-order valence-corrected chi connectivity index (χ4v) is 4.83. The molecule has 0 aliphatic carbocycles. The van der Waals surface area contributed by atoms with Gasteiger partial charge in [0.2, 0.25) is 11.8 Å². The number of nitrogens with one attached hydrogen (secondary N) is 1. The molecule has 2 amide bonds. The van der Waals surface area contributed by atoms with Gasteiger partial charge < -0.3 is 5.32 Å². The second-order valence-electron chi connectivity index (χ2n) is 7.35. The van der Waals surface area contributed by atoms with Crippen LogP contribution in [0.3, 0.4) is 0 Å². The molecule has 1 saturated heterocycles. The van der Waals surface area contributed by atoms with Gasteiger partial charge >= 0.3 is 0 Å². The number of hydrogen-bond acceptors (Lipinski definition) is 3. The van der Waals surface area contributed by atoms with Gasteiger partial charge in [-0.1, -0.05) is 44.9 Å². The molecule has 1 N–H and O–H groups in total. The molecule has 0 unspecified atom stereocenters. The largest absolute Gasteiger partial charge is 0.325 e. The zero-order valence-electron chi connectivity index (χ0n) is 17.2. The second kappa shape index (κ2) is 10.1. The van der Waals surface area contributed by atoms with E-state index in [4.69, 9.17) is 0 Å². The molecule has 1 aliphatic heterocycles. The molecule has 0 aromatic heterocycles. The SMILES string of the molecule is CCCC[C@@H](CC)C(=O)Nc1ccccc1[C@@H]1SCC(=O)N1c1ccc(F)cc1F. The van der Waals surface area contributed by atoms with Gasteiger partial charge in [-0.05, 0) is 31.0 Å². The first kappa shape index (κ1) is 22.3. The summed E-state index contributed by atoms with van der Waals surface area (Å²) in [4.78, 5) is 26.7. The lowest BCUT2D eigenvalue weighted by atomic mass is 9.98. The predicted octanol–water partition coefficient (Wildman–Crippen LogP) is 5.90. The summed E-state index contributed by atoms with van der Waals surface area (Å²) in [5.41, 5.74) is 1.36. The minimum Gasteiger partial charge on any atom is -0.325 e. The summed E-state index contributed by atoms with van der Waals surface area (Å²) >= 11 is 1.35.